The van der Waals surface area contributed by atoms with E-state index in [1.165, 1.54) is 32.0 Å². The van der Waals surface area contributed by atoms with E-state index in [4.69, 9.17) is 18.9 Å². The Bertz CT molecular complexity index is 1080. The minimum atomic E-state index is -1.15. The summed E-state index contributed by atoms with van der Waals surface area (Å²) < 4.78 is 14.1. The van der Waals surface area contributed by atoms with E-state index in [1.54, 1.807) is 0 Å². The van der Waals surface area contributed by atoms with Crippen molar-refractivity contribution in [3.63, 3.8) is 0 Å². The van der Waals surface area contributed by atoms with Gasteiger partial charge >= 0.3 is 0 Å². The van der Waals surface area contributed by atoms with Crippen LogP contribution in [-0.2, 0) is 0 Å². The van der Waals surface area contributed by atoms with E-state index >= 15 is 0 Å². The molecule has 0 bridgehead atoms. The van der Waals surface area contributed by atoms with Crippen molar-refractivity contribution < 1.29 is 19.4 Å². The summed E-state index contributed by atoms with van der Waals surface area (Å²) in [7, 11) is 0. The van der Waals surface area contributed by atoms with E-state index in [1.807, 2.05) is 0 Å². The Kier molecular flexibility index (Phi) is 6.17. The number of aliphatic imine (C=N–C) groups is 1. The number of nitrogens with two attached hydrogens (primary N) is 1. The summed E-state index contributed by atoms with van der Waals surface area (Å²) in [5.74, 6) is -2.53. The van der Waals surface area contributed by atoms with Crippen molar-refractivity contribution in [1.82, 2.24) is 5.32 Å². The second-order valence-corrected chi connectivity index (χ2v) is 6.68. The first kappa shape index (κ1) is 21.4. The lowest BCUT2D eigenvalue weighted by Gasteiger charge is -2.16. The number of phenols is 1. The number of nitrogens with zero attached hydrogens (tertiary/aromatic N) is 3. The van der Waals surface area contributed by atoms with Crippen molar-refractivity contribution in [2.75, 3.05) is 6.54 Å². The molecule has 2 rings (SSSR count). The van der Waals surface area contributed by atoms with Gasteiger partial charge in [-0.3, -0.25) is 15.1 Å². The fraction of sp³-hybridized carbons (Fsp3) is 0.200. The number of carbonyl (C=O) groups excluding carboxylic acids is 1. The van der Waals surface area contributed by atoms with Crippen molar-refractivity contribution in [3.05, 3.63) is 64.5 Å². The third-order valence-electron chi connectivity index (χ3n) is 3.75. The summed E-state index contributed by atoms with van der Waals surface area (Å²) in [6.07, 6.45) is 0. The van der Waals surface area contributed by atoms with Crippen LogP contribution in [0.15, 0.2) is 35.3 Å². The highest BCUT2D eigenvalue weighted by atomic mass is 19.1. The minimum Gasteiger partial charge on any atom is -0.507 e. The maximum atomic E-state index is 14.1. The number of carbonyl (C=O) groups is 1. The molecule has 0 heterocycles. The van der Waals surface area contributed by atoms with Crippen molar-refractivity contribution in [3.8, 4) is 16.9 Å². The molecule has 0 unspecified atom stereocenters. The molecule has 0 aliphatic heterocycles. The molecule has 148 valence electrons. The average Bonchev–Trinajstić information content (AvgIpc) is 2.65. The second kappa shape index (κ2) is 8.38. The fourth-order valence-corrected chi connectivity index (χ4v) is 2.50. The largest absolute Gasteiger partial charge is 0.507 e. The van der Waals surface area contributed by atoms with Crippen LogP contribution in [0.3, 0.4) is 0 Å². The first-order chi connectivity index (χ1) is 13.6. The van der Waals surface area contributed by atoms with Gasteiger partial charge in [0, 0.05) is 0 Å². The van der Waals surface area contributed by atoms with Gasteiger partial charge in [0.15, 0.2) is 11.6 Å². The molecule has 2 aromatic rings. The molecule has 0 spiro atoms. The smallest absolute Gasteiger partial charge is 0.260 e. The van der Waals surface area contributed by atoms with Crippen LogP contribution in [0.4, 0.5) is 15.8 Å². The minimum absolute atomic E-state index is 0.0148. The fourth-order valence-electron chi connectivity index (χ4n) is 2.50. The lowest BCUT2D eigenvalue weighted by Crippen LogP contribution is -2.38. The number of nitrogens with one attached hydrogen (secondary N) is 1. The van der Waals surface area contributed by atoms with Crippen LogP contribution in [-0.4, -0.2) is 34.2 Å². The van der Waals surface area contributed by atoms with Crippen LogP contribution in [0.2, 0.25) is 0 Å². The predicted molar refractivity (Wildman–Crippen MR) is 106 cm³/mol. The molecule has 2 aromatic carbocycles. The highest BCUT2D eigenvalue weighted by molar-refractivity contribution is 6.13. The van der Waals surface area contributed by atoms with Crippen molar-refractivity contribution in [1.29, 1.82) is 0 Å². The summed E-state index contributed by atoms with van der Waals surface area (Å²) in [6.45, 7) is 17.5. The number of amides is 1. The Morgan fingerprint density at radius 1 is 1.28 bits per heavy atom. The lowest BCUT2D eigenvalue weighted by atomic mass is 9.94. The van der Waals surface area contributed by atoms with Gasteiger partial charge in [0.2, 0.25) is 5.69 Å². The average molecular weight is 395 g/mol. The van der Waals surface area contributed by atoms with Gasteiger partial charge in [0.1, 0.15) is 11.6 Å². The number of halogens is 1. The normalized spacial score (nSPS) is 11.4. The molecule has 0 aliphatic carbocycles. The third kappa shape index (κ3) is 4.86. The molecule has 0 atom stereocenters. The molecule has 0 aliphatic rings. The summed E-state index contributed by atoms with van der Waals surface area (Å²) in [5, 5.41) is 22.3. The molecule has 29 heavy (non-hydrogen) atoms. The molecular formula is C20H18FN5O3. The summed E-state index contributed by atoms with van der Waals surface area (Å²) in [5.41, 5.74) is 3.60. The van der Waals surface area contributed by atoms with Gasteiger partial charge in [0.05, 0.1) is 30.9 Å². The molecule has 0 fully saturated rings. The van der Waals surface area contributed by atoms with E-state index < -0.39 is 23.1 Å². The molecular weight excluding hydrogens is 377 g/mol. The predicted octanol–water partition coefficient (Wildman–Crippen LogP) is 3.12. The highest BCUT2D eigenvalue weighted by Gasteiger charge is 2.24. The zero-order valence-electron chi connectivity index (χ0n) is 15.7. The Labute approximate surface area is 166 Å². The highest BCUT2D eigenvalue weighted by Crippen LogP contribution is 2.43. The van der Waals surface area contributed by atoms with Crippen LogP contribution in [0.25, 0.3) is 20.8 Å². The van der Waals surface area contributed by atoms with Crippen LogP contribution < -0.4 is 11.1 Å². The maximum Gasteiger partial charge on any atom is 0.260 e. The molecule has 0 saturated heterocycles. The van der Waals surface area contributed by atoms with Gasteiger partial charge in [-0.05, 0) is 37.1 Å². The number of benzene rings is 2. The monoisotopic (exact) mass is 395 g/mol. The SMILES string of the molecule is [C-]#[N+]c1ccc(O)c(C(=O)NC(N)=NCC(C)(C)O)c1-c1cccc(F)c1[N+]#[C-]. The number of hydrogen-bond acceptors (Lipinski definition) is 4. The third-order valence-corrected chi connectivity index (χ3v) is 3.75. The van der Waals surface area contributed by atoms with Crippen LogP contribution in [0.5, 0.6) is 5.75 Å². The number of rotatable bonds is 4. The standard InChI is InChI=1S/C20H18FN5O3/c1-20(2,29)10-25-19(22)26-18(28)16-14(27)9-8-13(23-3)15(16)11-6-5-7-12(21)17(11)24-4/h5-9,27,29H,10H2,1-2H3,(H3,22,25,26,28). The quantitative estimate of drug-likeness (QED) is 0.361. The molecule has 9 heteroatoms. The number of para-hydroxylation sites is 1. The second-order valence-electron chi connectivity index (χ2n) is 6.68. The summed E-state index contributed by atoms with van der Waals surface area (Å²) in [4.78, 5) is 23.1. The van der Waals surface area contributed by atoms with Crippen molar-refractivity contribution >= 4 is 23.2 Å². The van der Waals surface area contributed by atoms with Crippen LogP contribution in [0, 0.1) is 19.0 Å². The van der Waals surface area contributed by atoms with Gasteiger partial charge in [-0.15, -0.1) is 0 Å². The van der Waals surface area contributed by atoms with E-state index in [2.05, 4.69) is 20.0 Å². The molecule has 0 aromatic heterocycles. The Morgan fingerprint density at radius 2 is 1.97 bits per heavy atom. The van der Waals surface area contributed by atoms with Gasteiger partial charge in [-0.1, -0.05) is 18.2 Å². The summed E-state index contributed by atoms with van der Waals surface area (Å²) >= 11 is 0. The Morgan fingerprint density at radius 3 is 2.55 bits per heavy atom. The maximum absolute atomic E-state index is 14.1. The molecule has 0 saturated carbocycles. The van der Waals surface area contributed by atoms with Crippen molar-refractivity contribution in [2.24, 2.45) is 10.7 Å². The number of aliphatic hydroxyl groups is 1. The van der Waals surface area contributed by atoms with Gasteiger partial charge in [0.25, 0.3) is 5.91 Å². The van der Waals surface area contributed by atoms with E-state index in [-0.39, 0.29) is 40.6 Å². The zero-order chi connectivity index (χ0) is 21.8. The Hall–Kier alpha value is -3.95. The number of hydrogen-bond donors (Lipinski definition) is 4. The van der Waals surface area contributed by atoms with Crippen LogP contribution in [0.1, 0.15) is 24.2 Å². The van der Waals surface area contributed by atoms with Crippen LogP contribution >= 0.6 is 0 Å². The first-order valence-corrected chi connectivity index (χ1v) is 8.32. The molecule has 1 amide bonds. The Balaban J connectivity index is 2.63. The van der Waals surface area contributed by atoms with E-state index in [0.29, 0.717) is 0 Å². The number of aromatic hydroxyl groups is 1. The lowest BCUT2D eigenvalue weighted by molar-refractivity contribution is 0.0896. The zero-order valence-corrected chi connectivity index (χ0v) is 15.7. The number of phenolic OH excluding ortho intramolecular Hbond substituents is 1. The van der Waals surface area contributed by atoms with Gasteiger partial charge in [-0.2, -0.15) is 0 Å². The summed E-state index contributed by atoms with van der Waals surface area (Å²) in [6, 6.07) is 6.20. The van der Waals surface area contributed by atoms with E-state index in [9.17, 15) is 19.4 Å². The number of guanidine groups is 1. The molecule has 5 N–H and O–H groups in total. The molecule has 0 radical (unpaired) electrons. The van der Waals surface area contributed by atoms with Gasteiger partial charge in [-0.25, -0.2) is 14.1 Å². The van der Waals surface area contributed by atoms with Gasteiger partial charge < -0.3 is 15.9 Å². The first-order valence-electron chi connectivity index (χ1n) is 8.32. The van der Waals surface area contributed by atoms with Crippen molar-refractivity contribution in [2.45, 2.75) is 19.4 Å². The molecule has 8 nitrogen and oxygen atoms in total. The topological polar surface area (TPSA) is 117 Å². The van der Waals surface area contributed by atoms with E-state index in [0.717, 1.165) is 12.1 Å².